The summed E-state index contributed by atoms with van der Waals surface area (Å²) < 4.78 is 19.1. The van der Waals surface area contributed by atoms with Crippen molar-refractivity contribution >= 4 is 5.84 Å². The van der Waals surface area contributed by atoms with Crippen LogP contribution in [0.3, 0.4) is 0 Å². The third kappa shape index (κ3) is 5.38. The fourth-order valence-corrected chi connectivity index (χ4v) is 1.54. The van der Waals surface area contributed by atoms with Crippen molar-refractivity contribution in [1.29, 1.82) is 0 Å². The molecule has 0 aliphatic heterocycles. The van der Waals surface area contributed by atoms with E-state index in [-0.39, 0.29) is 5.84 Å². The van der Waals surface area contributed by atoms with E-state index in [4.69, 9.17) is 15.7 Å². The molecule has 110 valence electrons. The van der Waals surface area contributed by atoms with Gasteiger partial charge in [-0.25, -0.2) is 4.39 Å². The van der Waals surface area contributed by atoms with Crippen LogP contribution in [0, 0.1) is 5.82 Å². The number of nitrogens with one attached hydrogen (secondary N) is 1. The zero-order valence-corrected chi connectivity index (χ0v) is 11.3. The average molecular weight is 281 g/mol. The highest BCUT2D eigenvalue weighted by molar-refractivity contribution is 5.97. The topological polar surface area (TPSA) is 79.9 Å². The quantitative estimate of drug-likeness (QED) is 0.160. The van der Waals surface area contributed by atoms with Crippen molar-refractivity contribution in [2.24, 2.45) is 10.9 Å². The third-order valence-corrected chi connectivity index (χ3v) is 2.66. The fraction of sp³-hybridized carbons (Fsp3) is 0.357. The summed E-state index contributed by atoms with van der Waals surface area (Å²) in [6.07, 6.45) is 2.62. The van der Waals surface area contributed by atoms with Crippen molar-refractivity contribution < 1.29 is 14.3 Å². The molecule has 1 aromatic rings. The molecule has 0 spiro atoms. The van der Waals surface area contributed by atoms with Gasteiger partial charge in [0.25, 0.3) is 0 Å². The minimum Gasteiger partial charge on any atom is -0.409 e. The molecule has 20 heavy (non-hydrogen) atoms. The van der Waals surface area contributed by atoms with Crippen LogP contribution in [0.2, 0.25) is 0 Å². The zero-order chi connectivity index (χ0) is 14.8. The van der Waals surface area contributed by atoms with Crippen LogP contribution in [0.4, 0.5) is 4.39 Å². The molecule has 6 heteroatoms. The van der Waals surface area contributed by atoms with E-state index in [1.165, 1.54) is 6.07 Å². The maximum absolute atomic E-state index is 13.7. The SMILES string of the molecule is C=CCCOCCNCc1ccc(/C(N)=N\O)cc1F. The Morgan fingerprint density at radius 2 is 2.30 bits per heavy atom. The van der Waals surface area contributed by atoms with Crippen LogP contribution in [0.15, 0.2) is 36.0 Å². The molecule has 0 aliphatic carbocycles. The van der Waals surface area contributed by atoms with Crippen molar-refractivity contribution in [2.45, 2.75) is 13.0 Å². The molecule has 5 nitrogen and oxygen atoms in total. The Kier molecular flexibility index (Phi) is 7.31. The first-order chi connectivity index (χ1) is 9.69. The lowest BCUT2D eigenvalue weighted by Gasteiger charge is -2.08. The number of benzene rings is 1. The van der Waals surface area contributed by atoms with Crippen LogP contribution in [0.1, 0.15) is 17.5 Å². The number of ether oxygens (including phenoxy) is 1. The Morgan fingerprint density at radius 3 is 2.95 bits per heavy atom. The summed E-state index contributed by atoms with van der Waals surface area (Å²) >= 11 is 0. The Morgan fingerprint density at radius 1 is 1.50 bits per heavy atom. The second-order valence-corrected chi connectivity index (χ2v) is 4.16. The summed E-state index contributed by atoms with van der Waals surface area (Å²) in [5.74, 6) is -0.506. The normalized spacial score (nSPS) is 11.6. The molecule has 0 amide bonds. The molecule has 0 bridgehead atoms. The Balaban J connectivity index is 2.36. The standard InChI is InChI=1S/C14H20FN3O2/c1-2-3-7-20-8-6-17-10-12-5-4-11(9-13(12)15)14(16)18-19/h2,4-5,9,17,19H,1,3,6-8,10H2,(H2,16,18). The van der Waals surface area contributed by atoms with Crippen molar-refractivity contribution in [1.82, 2.24) is 5.32 Å². The number of rotatable bonds is 9. The van der Waals surface area contributed by atoms with E-state index in [1.54, 1.807) is 18.2 Å². The number of nitrogens with two attached hydrogens (primary N) is 1. The Hall–Kier alpha value is -1.92. The molecule has 0 heterocycles. The summed E-state index contributed by atoms with van der Waals surface area (Å²) in [5, 5.41) is 14.4. The molecule has 4 N–H and O–H groups in total. The molecule has 0 radical (unpaired) electrons. The van der Waals surface area contributed by atoms with E-state index >= 15 is 0 Å². The number of hydrogen-bond donors (Lipinski definition) is 3. The van der Waals surface area contributed by atoms with E-state index in [1.807, 2.05) is 0 Å². The highest BCUT2D eigenvalue weighted by Gasteiger charge is 2.06. The number of hydrogen-bond acceptors (Lipinski definition) is 4. The second kappa shape index (κ2) is 9.06. The molecule has 0 saturated heterocycles. The van der Waals surface area contributed by atoms with Crippen LogP contribution >= 0.6 is 0 Å². The Bertz CT molecular complexity index is 464. The molecule has 0 unspecified atom stereocenters. The van der Waals surface area contributed by atoms with Gasteiger partial charge < -0.3 is 21.0 Å². The second-order valence-electron chi connectivity index (χ2n) is 4.16. The number of nitrogens with zero attached hydrogens (tertiary/aromatic N) is 1. The molecule has 0 aromatic heterocycles. The van der Waals surface area contributed by atoms with Crippen LogP contribution < -0.4 is 11.1 Å². The van der Waals surface area contributed by atoms with Crippen molar-refractivity contribution in [2.75, 3.05) is 19.8 Å². The minimum absolute atomic E-state index is 0.112. The lowest BCUT2D eigenvalue weighted by Crippen LogP contribution is -2.20. The van der Waals surface area contributed by atoms with Gasteiger partial charge >= 0.3 is 0 Å². The van der Waals surface area contributed by atoms with Gasteiger partial charge in [-0.15, -0.1) is 6.58 Å². The van der Waals surface area contributed by atoms with Crippen molar-refractivity contribution in [3.8, 4) is 0 Å². The first kappa shape index (κ1) is 16.1. The molecule has 1 rings (SSSR count). The highest BCUT2D eigenvalue weighted by Crippen LogP contribution is 2.10. The zero-order valence-electron chi connectivity index (χ0n) is 11.3. The van der Waals surface area contributed by atoms with E-state index in [2.05, 4.69) is 17.1 Å². The van der Waals surface area contributed by atoms with E-state index < -0.39 is 5.82 Å². The maximum atomic E-state index is 13.7. The third-order valence-electron chi connectivity index (χ3n) is 2.66. The Labute approximate surface area is 117 Å². The molecule has 0 atom stereocenters. The van der Waals surface area contributed by atoms with Gasteiger partial charge in [0.2, 0.25) is 0 Å². The molecular formula is C14H20FN3O2. The van der Waals surface area contributed by atoms with E-state index in [9.17, 15) is 4.39 Å². The van der Waals surface area contributed by atoms with Gasteiger partial charge in [0, 0.05) is 24.2 Å². The fourth-order valence-electron chi connectivity index (χ4n) is 1.54. The summed E-state index contributed by atoms with van der Waals surface area (Å²) in [7, 11) is 0. The number of amidine groups is 1. The van der Waals surface area contributed by atoms with E-state index in [0.717, 1.165) is 6.42 Å². The average Bonchev–Trinajstić information content (AvgIpc) is 2.46. The molecule has 1 aromatic carbocycles. The maximum Gasteiger partial charge on any atom is 0.170 e. The van der Waals surface area contributed by atoms with Gasteiger partial charge in [-0.05, 0) is 12.5 Å². The summed E-state index contributed by atoms with van der Waals surface area (Å²) in [6, 6.07) is 4.46. The predicted octanol–water partition coefficient (Wildman–Crippen LogP) is 1.60. The first-order valence-electron chi connectivity index (χ1n) is 6.34. The van der Waals surface area contributed by atoms with Crippen molar-refractivity contribution in [3.05, 3.63) is 47.8 Å². The predicted molar refractivity (Wildman–Crippen MR) is 76.3 cm³/mol. The van der Waals surface area contributed by atoms with Crippen LogP contribution in [-0.4, -0.2) is 30.8 Å². The van der Waals surface area contributed by atoms with Crippen LogP contribution in [-0.2, 0) is 11.3 Å². The minimum atomic E-state index is -0.394. The van der Waals surface area contributed by atoms with Crippen molar-refractivity contribution in [3.63, 3.8) is 0 Å². The van der Waals surface area contributed by atoms with Gasteiger partial charge in [-0.1, -0.05) is 23.4 Å². The van der Waals surface area contributed by atoms with Gasteiger partial charge in [0.05, 0.1) is 13.2 Å². The molecule has 0 saturated carbocycles. The van der Waals surface area contributed by atoms with Crippen LogP contribution in [0.5, 0.6) is 0 Å². The highest BCUT2D eigenvalue weighted by atomic mass is 19.1. The number of halogens is 1. The smallest absolute Gasteiger partial charge is 0.170 e. The molecular weight excluding hydrogens is 261 g/mol. The summed E-state index contributed by atoms with van der Waals surface area (Å²) in [4.78, 5) is 0. The molecule has 0 aliphatic rings. The van der Waals surface area contributed by atoms with Gasteiger partial charge in [0.1, 0.15) is 5.82 Å². The monoisotopic (exact) mass is 281 g/mol. The van der Waals surface area contributed by atoms with Gasteiger partial charge in [0.15, 0.2) is 5.84 Å². The first-order valence-corrected chi connectivity index (χ1v) is 6.34. The van der Waals surface area contributed by atoms with Gasteiger partial charge in [-0.3, -0.25) is 0 Å². The summed E-state index contributed by atoms with van der Waals surface area (Å²) in [6.45, 7) is 5.85. The lowest BCUT2D eigenvalue weighted by molar-refractivity contribution is 0.140. The summed E-state index contributed by atoms with van der Waals surface area (Å²) in [5.41, 5.74) is 6.25. The van der Waals surface area contributed by atoms with Crippen LogP contribution in [0.25, 0.3) is 0 Å². The lowest BCUT2D eigenvalue weighted by atomic mass is 10.1. The van der Waals surface area contributed by atoms with E-state index in [0.29, 0.717) is 37.4 Å². The number of oxime groups is 1. The molecule has 0 fully saturated rings. The largest absolute Gasteiger partial charge is 0.409 e. The van der Waals surface area contributed by atoms with Gasteiger partial charge in [-0.2, -0.15) is 0 Å².